The summed E-state index contributed by atoms with van der Waals surface area (Å²) in [6.45, 7) is 0. The van der Waals surface area contributed by atoms with E-state index in [1.165, 1.54) is 0 Å². The van der Waals surface area contributed by atoms with E-state index < -0.39 is 6.10 Å². The van der Waals surface area contributed by atoms with E-state index in [4.69, 9.17) is 5.73 Å². The van der Waals surface area contributed by atoms with Gasteiger partial charge in [-0.2, -0.15) is 0 Å². The van der Waals surface area contributed by atoms with Gasteiger partial charge >= 0.3 is 0 Å². The number of benzene rings is 1. The Bertz CT molecular complexity index is 425. The first-order chi connectivity index (χ1) is 7.27. The highest BCUT2D eigenvalue weighted by Crippen LogP contribution is 2.20. The summed E-state index contributed by atoms with van der Waals surface area (Å²) < 4.78 is 0. The van der Waals surface area contributed by atoms with E-state index in [-0.39, 0.29) is 0 Å². The van der Waals surface area contributed by atoms with Crippen molar-refractivity contribution in [2.75, 3.05) is 5.73 Å². The van der Waals surface area contributed by atoms with Crippen LogP contribution in [0.5, 0.6) is 0 Å². The first-order valence-corrected chi connectivity index (χ1v) is 4.72. The molecule has 0 saturated carbocycles. The number of nitrogens with zero attached hydrogens (tertiary/aromatic N) is 1. The third-order valence-corrected chi connectivity index (χ3v) is 2.24. The van der Waals surface area contributed by atoms with Gasteiger partial charge in [0.05, 0.1) is 0 Å². The Labute approximate surface area is 88.2 Å². The van der Waals surface area contributed by atoms with Gasteiger partial charge in [0.1, 0.15) is 11.9 Å². The fraction of sp³-hybridized carbons (Fsp3) is 0.0833. The lowest BCUT2D eigenvalue weighted by Crippen LogP contribution is -2.00. The number of nitrogens with two attached hydrogens (primary N) is 1. The number of hydrogen-bond acceptors (Lipinski definition) is 3. The van der Waals surface area contributed by atoms with Gasteiger partial charge in [-0.25, -0.2) is 4.98 Å². The number of rotatable bonds is 2. The number of nitrogen functional groups attached to an aromatic ring is 1. The number of aliphatic hydroxyl groups is 1. The van der Waals surface area contributed by atoms with Crippen molar-refractivity contribution in [3.05, 3.63) is 59.8 Å². The van der Waals surface area contributed by atoms with Gasteiger partial charge in [0.2, 0.25) is 0 Å². The molecule has 0 radical (unpaired) electrons. The Morgan fingerprint density at radius 3 is 2.33 bits per heavy atom. The number of aromatic nitrogens is 1. The molecule has 2 aromatic rings. The highest BCUT2D eigenvalue weighted by atomic mass is 16.3. The first kappa shape index (κ1) is 9.68. The molecular formula is C12H12N2O. The molecular weight excluding hydrogens is 188 g/mol. The molecule has 76 valence electrons. The minimum atomic E-state index is -0.640. The molecule has 0 fully saturated rings. The van der Waals surface area contributed by atoms with Crippen LogP contribution >= 0.6 is 0 Å². The van der Waals surface area contributed by atoms with Gasteiger partial charge in [0, 0.05) is 11.8 Å². The molecule has 0 amide bonds. The van der Waals surface area contributed by atoms with E-state index in [1.54, 1.807) is 18.3 Å². The zero-order chi connectivity index (χ0) is 10.7. The van der Waals surface area contributed by atoms with Crippen molar-refractivity contribution in [1.82, 2.24) is 4.98 Å². The smallest absolute Gasteiger partial charge is 0.123 e. The van der Waals surface area contributed by atoms with Crippen LogP contribution in [0.3, 0.4) is 0 Å². The molecule has 0 bridgehead atoms. The minimum Gasteiger partial charge on any atom is -0.384 e. The molecule has 1 atom stereocenters. The third kappa shape index (κ3) is 2.14. The number of hydrogen-bond donors (Lipinski definition) is 2. The van der Waals surface area contributed by atoms with Crippen molar-refractivity contribution < 1.29 is 5.11 Å². The summed E-state index contributed by atoms with van der Waals surface area (Å²) in [5.41, 5.74) is 7.07. The van der Waals surface area contributed by atoms with Gasteiger partial charge < -0.3 is 10.8 Å². The van der Waals surface area contributed by atoms with Crippen LogP contribution in [-0.4, -0.2) is 10.1 Å². The largest absolute Gasteiger partial charge is 0.384 e. The topological polar surface area (TPSA) is 59.1 Å². The van der Waals surface area contributed by atoms with Crippen molar-refractivity contribution >= 4 is 5.82 Å². The molecule has 2 rings (SSSR count). The van der Waals surface area contributed by atoms with Crippen molar-refractivity contribution in [2.45, 2.75) is 6.10 Å². The van der Waals surface area contributed by atoms with Crippen LogP contribution in [0.15, 0.2) is 48.7 Å². The third-order valence-electron chi connectivity index (χ3n) is 2.24. The van der Waals surface area contributed by atoms with Gasteiger partial charge in [-0.05, 0) is 11.6 Å². The van der Waals surface area contributed by atoms with E-state index >= 15 is 0 Å². The second-order valence-electron chi connectivity index (χ2n) is 3.33. The highest BCUT2D eigenvalue weighted by molar-refractivity contribution is 5.34. The molecule has 0 aliphatic rings. The molecule has 1 heterocycles. The second-order valence-corrected chi connectivity index (χ2v) is 3.33. The van der Waals surface area contributed by atoms with Crippen LogP contribution in [-0.2, 0) is 0 Å². The van der Waals surface area contributed by atoms with Crippen molar-refractivity contribution in [1.29, 1.82) is 0 Å². The molecule has 1 unspecified atom stereocenters. The zero-order valence-corrected chi connectivity index (χ0v) is 8.17. The van der Waals surface area contributed by atoms with Crippen LogP contribution in [0.4, 0.5) is 5.82 Å². The van der Waals surface area contributed by atoms with Crippen molar-refractivity contribution in [3.63, 3.8) is 0 Å². The Balaban J connectivity index is 2.29. The van der Waals surface area contributed by atoms with E-state index in [1.807, 2.05) is 30.3 Å². The van der Waals surface area contributed by atoms with Crippen molar-refractivity contribution in [2.24, 2.45) is 0 Å². The van der Waals surface area contributed by atoms with Crippen LogP contribution in [0, 0.1) is 0 Å². The summed E-state index contributed by atoms with van der Waals surface area (Å²) >= 11 is 0. The van der Waals surface area contributed by atoms with Crippen LogP contribution in [0.1, 0.15) is 17.2 Å². The maximum Gasteiger partial charge on any atom is 0.123 e. The number of anilines is 1. The number of aliphatic hydroxyl groups excluding tert-OH is 1. The predicted molar refractivity (Wildman–Crippen MR) is 59.2 cm³/mol. The van der Waals surface area contributed by atoms with E-state index in [0.717, 1.165) is 11.1 Å². The predicted octanol–water partition coefficient (Wildman–Crippen LogP) is 1.75. The maximum absolute atomic E-state index is 10.0. The van der Waals surface area contributed by atoms with E-state index in [9.17, 15) is 5.11 Å². The molecule has 1 aromatic heterocycles. The average molecular weight is 200 g/mol. The van der Waals surface area contributed by atoms with Crippen molar-refractivity contribution in [3.8, 4) is 0 Å². The SMILES string of the molecule is Nc1ccc(C(O)c2ccccc2)cn1. The second kappa shape index (κ2) is 4.11. The zero-order valence-electron chi connectivity index (χ0n) is 8.17. The summed E-state index contributed by atoms with van der Waals surface area (Å²) in [4.78, 5) is 3.94. The molecule has 1 aromatic carbocycles. The fourth-order valence-electron chi connectivity index (χ4n) is 1.41. The summed E-state index contributed by atoms with van der Waals surface area (Å²) in [6, 6.07) is 12.9. The monoisotopic (exact) mass is 200 g/mol. The summed E-state index contributed by atoms with van der Waals surface area (Å²) in [5.74, 6) is 0.457. The quantitative estimate of drug-likeness (QED) is 0.776. The van der Waals surface area contributed by atoms with Gasteiger partial charge in [-0.15, -0.1) is 0 Å². The molecule has 0 saturated heterocycles. The molecule has 0 aliphatic heterocycles. The molecule has 3 N–H and O–H groups in total. The van der Waals surface area contributed by atoms with Crippen LogP contribution in [0.25, 0.3) is 0 Å². The lowest BCUT2D eigenvalue weighted by atomic mass is 10.0. The summed E-state index contributed by atoms with van der Waals surface area (Å²) in [7, 11) is 0. The van der Waals surface area contributed by atoms with Gasteiger partial charge in [-0.1, -0.05) is 36.4 Å². The van der Waals surface area contributed by atoms with Crippen LogP contribution in [0.2, 0.25) is 0 Å². The Morgan fingerprint density at radius 1 is 1.00 bits per heavy atom. The van der Waals surface area contributed by atoms with E-state index in [0.29, 0.717) is 5.82 Å². The summed E-state index contributed by atoms with van der Waals surface area (Å²) in [5, 5.41) is 10.0. The Hall–Kier alpha value is -1.87. The Morgan fingerprint density at radius 2 is 1.73 bits per heavy atom. The number of pyridine rings is 1. The lowest BCUT2D eigenvalue weighted by Gasteiger charge is -2.10. The molecule has 0 aliphatic carbocycles. The molecule has 15 heavy (non-hydrogen) atoms. The van der Waals surface area contributed by atoms with Crippen LogP contribution < -0.4 is 5.73 Å². The average Bonchev–Trinajstić information content (AvgIpc) is 2.30. The van der Waals surface area contributed by atoms with Gasteiger partial charge in [0.15, 0.2) is 0 Å². The summed E-state index contributed by atoms with van der Waals surface area (Å²) in [6.07, 6.45) is 0.951. The first-order valence-electron chi connectivity index (χ1n) is 4.72. The molecule has 3 nitrogen and oxygen atoms in total. The standard InChI is InChI=1S/C12H12N2O/c13-11-7-6-10(8-14-11)12(15)9-4-2-1-3-5-9/h1-8,12,15H,(H2,13,14). The lowest BCUT2D eigenvalue weighted by molar-refractivity contribution is 0.220. The maximum atomic E-state index is 10.0. The normalized spacial score (nSPS) is 12.3. The van der Waals surface area contributed by atoms with Gasteiger partial charge in [0.25, 0.3) is 0 Å². The highest BCUT2D eigenvalue weighted by Gasteiger charge is 2.09. The molecule has 0 spiro atoms. The molecule has 3 heteroatoms. The fourth-order valence-corrected chi connectivity index (χ4v) is 1.41. The van der Waals surface area contributed by atoms with Gasteiger partial charge in [-0.3, -0.25) is 0 Å². The van der Waals surface area contributed by atoms with E-state index in [2.05, 4.69) is 4.98 Å². The Kier molecular flexibility index (Phi) is 2.65. The minimum absolute atomic E-state index is 0.457.